The van der Waals surface area contributed by atoms with E-state index in [1.165, 1.54) is 18.7 Å². The Kier molecular flexibility index (Phi) is 9.53. The van der Waals surface area contributed by atoms with Crippen LogP contribution in [0.25, 0.3) is 0 Å². The molecule has 8 nitrogen and oxygen atoms in total. The molecule has 0 unspecified atom stereocenters. The van der Waals surface area contributed by atoms with Gasteiger partial charge in [0.05, 0.1) is 6.10 Å². The minimum Gasteiger partial charge on any atom is -0.480 e. The highest BCUT2D eigenvalue weighted by Gasteiger charge is 2.29. The van der Waals surface area contributed by atoms with Gasteiger partial charge in [0, 0.05) is 0 Å². The summed E-state index contributed by atoms with van der Waals surface area (Å²) in [6.45, 7) is 1.31. The van der Waals surface area contributed by atoms with E-state index in [4.69, 9.17) is 9.84 Å². The summed E-state index contributed by atoms with van der Waals surface area (Å²) in [7, 11) is 0. The summed E-state index contributed by atoms with van der Waals surface area (Å²) in [5.41, 5.74) is 0.799. The number of aliphatic hydroxyl groups is 1. The number of aliphatic hydroxyl groups excluding tert-OH is 1. The molecular formula is C17H24N2O6S. The second-order valence-corrected chi connectivity index (χ2v) is 6.59. The van der Waals surface area contributed by atoms with Gasteiger partial charge in [-0.2, -0.15) is 11.8 Å². The van der Waals surface area contributed by atoms with Crippen molar-refractivity contribution in [1.29, 1.82) is 0 Å². The molecule has 1 aromatic carbocycles. The molecule has 0 bridgehead atoms. The van der Waals surface area contributed by atoms with Crippen LogP contribution in [0.15, 0.2) is 30.3 Å². The molecule has 1 aromatic rings. The maximum absolute atomic E-state index is 12.3. The predicted molar refractivity (Wildman–Crippen MR) is 97.8 cm³/mol. The van der Waals surface area contributed by atoms with E-state index < -0.39 is 36.2 Å². The van der Waals surface area contributed by atoms with Crippen molar-refractivity contribution in [3.8, 4) is 0 Å². The van der Waals surface area contributed by atoms with E-state index >= 15 is 0 Å². The molecule has 4 N–H and O–H groups in total. The van der Waals surface area contributed by atoms with Crippen molar-refractivity contribution in [3.63, 3.8) is 0 Å². The smallest absolute Gasteiger partial charge is 0.408 e. The molecule has 0 saturated carbocycles. The van der Waals surface area contributed by atoms with Crippen LogP contribution in [0.3, 0.4) is 0 Å². The molecule has 0 aliphatic heterocycles. The zero-order valence-electron chi connectivity index (χ0n) is 14.7. The lowest BCUT2D eigenvalue weighted by Gasteiger charge is -2.22. The Bertz CT molecular complexity index is 596. The monoisotopic (exact) mass is 384 g/mol. The van der Waals surface area contributed by atoms with Crippen molar-refractivity contribution >= 4 is 29.7 Å². The summed E-state index contributed by atoms with van der Waals surface area (Å²) in [5, 5.41) is 23.2. The second kappa shape index (κ2) is 11.4. The van der Waals surface area contributed by atoms with Gasteiger partial charge >= 0.3 is 12.1 Å². The first-order chi connectivity index (χ1) is 12.3. The average Bonchev–Trinajstić information content (AvgIpc) is 2.61. The number of carbonyl (C=O) groups is 3. The van der Waals surface area contributed by atoms with Gasteiger partial charge in [0.15, 0.2) is 6.04 Å². The highest BCUT2D eigenvalue weighted by atomic mass is 32.2. The number of carboxylic acid groups (broad SMARTS) is 1. The van der Waals surface area contributed by atoms with Crippen LogP contribution in [0.4, 0.5) is 4.79 Å². The number of alkyl carbamates (subject to hydrolysis) is 1. The Labute approximate surface area is 156 Å². The number of aliphatic carboxylic acids is 1. The van der Waals surface area contributed by atoms with Gasteiger partial charge in [-0.25, -0.2) is 9.59 Å². The van der Waals surface area contributed by atoms with Gasteiger partial charge in [-0.1, -0.05) is 30.3 Å². The van der Waals surface area contributed by atoms with Crippen LogP contribution in [0.1, 0.15) is 18.9 Å². The maximum Gasteiger partial charge on any atom is 0.408 e. The number of hydrogen-bond donors (Lipinski definition) is 4. The quantitative estimate of drug-likeness (QED) is 0.474. The first kappa shape index (κ1) is 21.8. The Balaban J connectivity index is 2.65. The SMILES string of the molecule is CSCC[C@@H](NC(=O)OCc1ccccc1)C(=O)N[C@H](C(=O)O)[C@@H](C)O. The first-order valence-electron chi connectivity index (χ1n) is 8.02. The fourth-order valence-electron chi connectivity index (χ4n) is 2.05. The number of rotatable bonds is 10. The third kappa shape index (κ3) is 7.75. The van der Waals surface area contributed by atoms with Gasteiger partial charge in [0.1, 0.15) is 12.6 Å². The Morgan fingerprint density at radius 3 is 2.38 bits per heavy atom. The normalized spacial score (nSPS) is 14.0. The number of benzene rings is 1. The lowest BCUT2D eigenvalue weighted by molar-refractivity contribution is -0.145. The number of ether oxygens (including phenoxy) is 1. The molecule has 9 heteroatoms. The number of carbonyl (C=O) groups excluding carboxylic acids is 2. The van der Waals surface area contributed by atoms with Gasteiger partial charge in [-0.05, 0) is 30.9 Å². The minimum absolute atomic E-state index is 0.0506. The fraction of sp³-hybridized carbons (Fsp3) is 0.471. The molecule has 3 atom stereocenters. The van der Waals surface area contributed by atoms with Crippen LogP contribution < -0.4 is 10.6 Å². The lowest BCUT2D eigenvalue weighted by Crippen LogP contribution is -2.54. The fourth-order valence-corrected chi connectivity index (χ4v) is 2.53. The minimum atomic E-state index is -1.46. The summed E-state index contributed by atoms with van der Waals surface area (Å²) >= 11 is 1.48. The van der Waals surface area contributed by atoms with Crippen molar-refractivity contribution in [2.24, 2.45) is 0 Å². The molecule has 0 heterocycles. The predicted octanol–water partition coefficient (Wildman–Crippen LogP) is 0.985. The van der Waals surface area contributed by atoms with E-state index in [9.17, 15) is 19.5 Å². The first-order valence-corrected chi connectivity index (χ1v) is 9.42. The highest BCUT2D eigenvalue weighted by Crippen LogP contribution is 2.05. The third-order valence-corrected chi connectivity index (χ3v) is 4.12. The molecule has 0 saturated heterocycles. The van der Waals surface area contributed by atoms with Crippen molar-refractivity contribution in [1.82, 2.24) is 10.6 Å². The van der Waals surface area contributed by atoms with Crippen LogP contribution in [-0.4, -0.2) is 58.4 Å². The molecule has 0 aliphatic rings. The van der Waals surface area contributed by atoms with Crippen molar-refractivity contribution in [2.45, 2.75) is 38.1 Å². The van der Waals surface area contributed by atoms with E-state index in [-0.39, 0.29) is 6.61 Å². The number of carboxylic acids is 1. The van der Waals surface area contributed by atoms with Gasteiger partial charge in [-0.3, -0.25) is 4.79 Å². The van der Waals surface area contributed by atoms with Crippen LogP contribution >= 0.6 is 11.8 Å². The van der Waals surface area contributed by atoms with Crippen LogP contribution in [0, 0.1) is 0 Å². The van der Waals surface area contributed by atoms with E-state index in [1.807, 2.05) is 24.5 Å². The second-order valence-electron chi connectivity index (χ2n) is 5.61. The lowest BCUT2D eigenvalue weighted by atomic mass is 10.1. The Morgan fingerprint density at radius 2 is 1.85 bits per heavy atom. The van der Waals surface area contributed by atoms with Crippen molar-refractivity contribution < 1.29 is 29.3 Å². The number of thioether (sulfide) groups is 1. The zero-order chi connectivity index (χ0) is 19.5. The largest absolute Gasteiger partial charge is 0.480 e. The highest BCUT2D eigenvalue weighted by molar-refractivity contribution is 7.98. The summed E-state index contributed by atoms with van der Waals surface area (Å²) in [6.07, 6.45) is 0.0831. The molecule has 0 spiro atoms. The van der Waals surface area contributed by atoms with Crippen molar-refractivity contribution in [2.75, 3.05) is 12.0 Å². The molecule has 26 heavy (non-hydrogen) atoms. The van der Waals surface area contributed by atoms with Gasteiger partial charge in [0.2, 0.25) is 5.91 Å². The van der Waals surface area contributed by atoms with Crippen molar-refractivity contribution in [3.05, 3.63) is 35.9 Å². The number of hydrogen-bond acceptors (Lipinski definition) is 6. The summed E-state index contributed by atoms with van der Waals surface area (Å²) in [6, 6.07) is 6.64. The molecule has 0 radical (unpaired) electrons. The van der Waals surface area contributed by atoms with Crippen LogP contribution in [0.5, 0.6) is 0 Å². The topological polar surface area (TPSA) is 125 Å². The molecule has 144 valence electrons. The maximum atomic E-state index is 12.3. The van der Waals surface area contributed by atoms with E-state index in [0.29, 0.717) is 12.2 Å². The number of amides is 2. The van der Waals surface area contributed by atoms with Gasteiger partial charge < -0.3 is 25.6 Å². The Morgan fingerprint density at radius 1 is 1.19 bits per heavy atom. The zero-order valence-corrected chi connectivity index (χ0v) is 15.5. The summed E-state index contributed by atoms with van der Waals surface area (Å²) in [4.78, 5) is 35.4. The molecule has 1 rings (SSSR count). The summed E-state index contributed by atoms with van der Waals surface area (Å²) < 4.78 is 5.09. The standard InChI is InChI=1S/C17H24N2O6S/c1-11(20)14(16(22)23)19-15(21)13(8-9-26-2)18-17(24)25-10-12-6-4-3-5-7-12/h3-7,11,13-14,20H,8-10H2,1-2H3,(H,18,24)(H,19,21)(H,22,23)/t11-,13-,14+/m1/s1. The molecule has 0 aliphatic carbocycles. The molecule has 2 amide bonds. The van der Waals surface area contributed by atoms with E-state index in [1.54, 1.807) is 12.1 Å². The average molecular weight is 384 g/mol. The van der Waals surface area contributed by atoms with Crippen LogP contribution in [0.2, 0.25) is 0 Å². The van der Waals surface area contributed by atoms with E-state index in [0.717, 1.165) is 5.56 Å². The summed E-state index contributed by atoms with van der Waals surface area (Å²) in [5.74, 6) is -1.48. The molecule has 0 aromatic heterocycles. The third-order valence-electron chi connectivity index (χ3n) is 3.48. The molecule has 0 fully saturated rings. The van der Waals surface area contributed by atoms with Gasteiger partial charge in [0.25, 0.3) is 0 Å². The Hall–Kier alpha value is -2.26. The number of nitrogens with one attached hydrogen (secondary N) is 2. The van der Waals surface area contributed by atoms with Gasteiger partial charge in [-0.15, -0.1) is 0 Å². The van der Waals surface area contributed by atoms with Crippen LogP contribution in [-0.2, 0) is 20.9 Å². The molecular weight excluding hydrogens is 360 g/mol. The van der Waals surface area contributed by atoms with E-state index in [2.05, 4.69) is 10.6 Å².